The maximum atomic E-state index is 12.5. The molecule has 284 valence electrons. The average Bonchev–Trinajstić information content (AvgIpc) is 3.78. The Balaban J connectivity index is 1.55. The monoisotopic (exact) mass is 863 g/mol. The first-order valence-electron chi connectivity index (χ1n) is 18.0. The number of halogens is 1. The molecule has 1 aliphatic carbocycles. The number of nitrogens with one attached hydrogen (secondary N) is 1. The maximum Gasteiger partial charge on any atom is 0.335 e. The van der Waals surface area contributed by atoms with Crippen molar-refractivity contribution in [2.24, 2.45) is 0 Å². The van der Waals surface area contributed by atoms with E-state index in [4.69, 9.17) is 34.0 Å². The summed E-state index contributed by atoms with van der Waals surface area (Å²) >= 11 is 2.39. The third-order valence-electron chi connectivity index (χ3n) is 9.43. The van der Waals surface area contributed by atoms with Crippen LogP contribution in [0.1, 0.15) is 37.3 Å². The molecule has 16 heteroatoms. The molecule has 0 amide bonds. The lowest BCUT2D eigenvalue weighted by molar-refractivity contribution is -0.173. The minimum absolute atomic E-state index is 0.0128. The lowest BCUT2D eigenvalue weighted by atomic mass is 9.77. The molecule has 52 heavy (non-hydrogen) atoms. The number of aromatic amines is 1. The third kappa shape index (κ3) is 10.3. The Hall–Kier alpha value is -2.75. The Morgan fingerprint density at radius 1 is 1.00 bits per heavy atom. The van der Waals surface area contributed by atoms with Gasteiger partial charge in [-0.3, -0.25) is 4.98 Å². The van der Waals surface area contributed by atoms with Crippen molar-refractivity contribution in [3.63, 3.8) is 0 Å². The molecule has 0 spiro atoms. The minimum atomic E-state index is -1.30. The molecule has 4 aromatic rings. The van der Waals surface area contributed by atoms with Crippen LogP contribution in [0.15, 0.2) is 36.9 Å². The zero-order chi connectivity index (χ0) is 37.5. The average molecular weight is 864 g/mol. The van der Waals surface area contributed by atoms with E-state index in [1.54, 1.807) is 19.5 Å². The van der Waals surface area contributed by atoms with Crippen molar-refractivity contribution in [1.82, 2.24) is 29.5 Å². The Labute approximate surface area is 322 Å². The number of hydrogen-bond donors (Lipinski definition) is 2. The Morgan fingerprint density at radius 3 is 2.21 bits per heavy atom. The highest BCUT2D eigenvalue weighted by Gasteiger charge is 2.44. The van der Waals surface area contributed by atoms with Crippen LogP contribution in [0.3, 0.4) is 0 Å². The van der Waals surface area contributed by atoms with Crippen LogP contribution >= 0.6 is 22.6 Å². The number of carboxylic acid groups (broad SMARTS) is 1. The predicted octanol–water partition coefficient (Wildman–Crippen LogP) is 7.36. The van der Waals surface area contributed by atoms with Gasteiger partial charge in [-0.1, -0.05) is 45.3 Å². The smallest absolute Gasteiger partial charge is 0.335 e. The van der Waals surface area contributed by atoms with E-state index in [2.05, 4.69) is 76.7 Å². The number of H-pyrrole nitrogens is 1. The van der Waals surface area contributed by atoms with Gasteiger partial charge in [-0.05, 0) is 66.4 Å². The van der Waals surface area contributed by atoms with E-state index in [-0.39, 0.29) is 12.5 Å². The normalized spacial score (nSPS) is 18.3. The second-order valence-corrected chi connectivity index (χ2v) is 28.3. The van der Waals surface area contributed by atoms with Crippen LogP contribution in [-0.2, 0) is 23.7 Å². The summed E-state index contributed by atoms with van der Waals surface area (Å²) in [5.74, 6) is 0.628. The summed E-state index contributed by atoms with van der Waals surface area (Å²) in [6.45, 7) is 16.7. The zero-order valence-corrected chi connectivity index (χ0v) is 35.7. The number of carbonyl (C=O) groups is 1. The lowest BCUT2D eigenvalue weighted by Gasteiger charge is -2.37. The predicted molar refractivity (Wildman–Crippen MR) is 216 cm³/mol. The molecule has 0 bridgehead atoms. The van der Waals surface area contributed by atoms with Crippen LogP contribution in [0.5, 0.6) is 0 Å². The van der Waals surface area contributed by atoms with E-state index in [0.29, 0.717) is 70.4 Å². The summed E-state index contributed by atoms with van der Waals surface area (Å²) in [4.78, 5) is 32.1. The fraction of sp³-hybridized carbons (Fsp3) is 0.583. The summed E-state index contributed by atoms with van der Waals surface area (Å²) in [6, 6.07) is 6.06. The summed E-state index contributed by atoms with van der Waals surface area (Å²) in [7, 11) is -1.02. The Bertz CT molecular complexity index is 1730. The molecule has 1 fully saturated rings. The van der Waals surface area contributed by atoms with E-state index in [9.17, 15) is 9.90 Å². The number of ether oxygens (including phenoxy) is 4. The molecular weight excluding hydrogens is 810 g/mol. The molecule has 0 aliphatic heterocycles. The van der Waals surface area contributed by atoms with Gasteiger partial charge in [-0.15, -0.1) is 0 Å². The van der Waals surface area contributed by atoms with Crippen molar-refractivity contribution in [2.45, 2.75) is 88.6 Å². The van der Waals surface area contributed by atoms with E-state index < -0.39 is 27.7 Å². The molecule has 0 saturated heterocycles. The minimum Gasteiger partial charge on any atom is -0.479 e. The first-order chi connectivity index (χ1) is 24.7. The van der Waals surface area contributed by atoms with Gasteiger partial charge in [0.1, 0.15) is 19.2 Å². The van der Waals surface area contributed by atoms with Crippen LogP contribution in [0.2, 0.25) is 51.4 Å². The van der Waals surface area contributed by atoms with Crippen molar-refractivity contribution < 1.29 is 28.8 Å². The van der Waals surface area contributed by atoms with Crippen LogP contribution < -0.4 is 4.90 Å². The molecule has 0 radical (unpaired) electrons. The van der Waals surface area contributed by atoms with Gasteiger partial charge in [0.25, 0.3) is 0 Å². The van der Waals surface area contributed by atoms with Crippen LogP contribution in [0.4, 0.5) is 5.82 Å². The fourth-order valence-electron chi connectivity index (χ4n) is 6.18. The molecule has 0 aromatic carbocycles. The second kappa shape index (κ2) is 17.6. The van der Waals surface area contributed by atoms with Crippen molar-refractivity contribution >= 4 is 56.2 Å². The van der Waals surface area contributed by atoms with Crippen LogP contribution in [0, 0.1) is 3.57 Å². The molecule has 0 unspecified atom stereocenters. The summed E-state index contributed by atoms with van der Waals surface area (Å²) in [5.41, 5.74) is 2.82. The molecule has 1 aliphatic rings. The quantitative estimate of drug-likeness (QED) is 0.0422. The molecular formula is C36H54IN7O6Si2. The molecule has 4 aromatic heterocycles. The van der Waals surface area contributed by atoms with Crippen molar-refractivity contribution in [2.75, 3.05) is 51.9 Å². The van der Waals surface area contributed by atoms with E-state index in [1.807, 2.05) is 29.0 Å². The highest BCUT2D eigenvalue weighted by molar-refractivity contribution is 14.1. The number of nitrogens with zero attached hydrogens (tertiary/aromatic N) is 6. The van der Waals surface area contributed by atoms with Gasteiger partial charge in [0.05, 0.1) is 28.7 Å². The largest absolute Gasteiger partial charge is 0.479 e. The van der Waals surface area contributed by atoms with Gasteiger partial charge < -0.3 is 33.9 Å². The number of rotatable bonds is 19. The number of pyridine rings is 1. The van der Waals surface area contributed by atoms with Gasteiger partial charge >= 0.3 is 5.97 Å². The van der Waals surface area contributed by atoms with E-state index >= 15 is 0 Å². The number of aliphatic carboxylic acids is 1. The van der Waals surface area contributed by atoms with Gasteiger partial charge in [-0.25, -0.2) is 14.8 Å². The van der Waals surface area contributed by atoms with Gasteiger partial charge in [0.2, 0.25) is 0 Å². The lowest BCUT2D eigenvalue weighted by Crippen LogP contribution is -2.45. The highest BCUT2D eigenvalue weighted by Crippen LogP contribution is 2.43. The summed E-state index contributed by atoms with van der Waals surface area (Å²) in [5, 5.41) is 15.2. The number of aromatic nitrogens is 6. The number of imidazole rings is 1. The number of methoxy groups -OCH3 is 1. The van der Waals surface area contributed by atoms with Crippen molar-refractivity contribution in [1.29, 1.82) is 0 Å². The number of carboxylic acids is 1. The zero-order valence-electron chi connectivity index (χ0n) is 31.6. The summed E-state index contributed by atoms with van der Waals surface area (Å²) < 4.78 is 26.7. The fourth-order valence-corrected chi connectivity index (χ4v) is 8.83. The molecule has 4 heterocycles. The molecule has 13 nitrogen and oxygen atoms in total. The highest BCUT2D eigenvalue weighted by atomic mass is 127. The van der Waals surface area contributed by atoms with Crippen molar-refractivity contribution in [3.05, 3.63) is 46.2 Å². The van der Waals surface area contributed by atoms with Gasteiger partial charge in [0.15, 0.2) is 22.9 Å². The third-order valence-corrected chi connectivity index (χ3v) is 13.9. The van der Waals surface area contributed by atoms with Gasteiger partial charge in [0, 0.05) is 72.1 Å². The topological polar surface area (TPSA) is 149 Å². The Kier molecular flexibility index (Phi) is 13.7. The SMILES string of the molecule is COCCOC1(C(=O)O)CCC(c2nc3c(-c4ccc(-c5ncc[nH]5)nc4)cnn3c(N(COCC[Si](C)(C)C)COCC[Si](C)(C)C)c2I)CC1. The standard InChI is InChI=1S/C36H54IN7O6Si2/c1-47-16-17-50-36(35(45)46)12-10-26(11-13-36)31-30(37)34(43(24-48-18-20-51(2,3)4)25-49-19-21-52(5,6)7)44-33(42-31)28(23-41-44)27-8-9-29(40-22-27)32-38-14-15-39-32/h8-9,14-15,22-23,26H,10-13,16-21,24-25H2,1-7H3,(H,38,39)(H,45,46). The van der Waals surface area contributed by atoms with Crippen molar-refractivity contribution in [3.8, 4) is 22.6 Å². The number of fused-ring (bicyclic) bond motifs is 1. The molecule has 5 rings (SSSR count). The van der Waals surface area contributed by atoms with Crippen LogP contribution in [-0.4, -0.2) is 109 Å². The number of anilines is 1. The van der Waals surface area contributed by atoms with E-state index in [1.165, 1.54) is 0 Å². The maximum absolute atomic E-state index is 12.5. The van der Waals surface area contributed by atoms with E-state index in [0.717, 1.165) is 44.0 Å². The summed E-state index contributed by atoms with van der Waals surface area (Å²) in [6.07, 6.45) is 9.12. The van der Waals surface area contributed by atoms with Gasteiger partial charge in [-0.2, -0.15) is 9.61 Å². The molecule has 2 N–H and O–H groups in total. The molecule has 1 saturated carbocycles. The first kappa shape index (κ1) is 40.4. The second-order valence-electron chi connectivity index (χ2n) is 15.9. The first-order valence-corrected chi connectivity index (χ1v) is 26.5. The van der Waals surface area contributed by atoms with Crippen LogP contribution in [0.25, 0.3) is 28.3 Å². The Morgan fingerprint density at radius 2 is 1.67 bits per heavy atom. The molecule has 0 atom stereocenters. The number of hydrogen-bond acceptors (Lipinski definition) is 10.